The molecule has 0 amide bonds. The Morgan fingerprint density at radius 2 is 2.08 bits per heavy atom. The van der Waals surface area contributed by atoms with E-state index in [1.54, 1.807) is 29.4 Å². The number of hydrogen-bond donors (Lipinski definition) is 0. The number of benzene rings is 1. The van der Waals surface area contributed by atoms with Gasteiger partial charge in [-0.3, -0.25) is 0 Å². The second-order valence-electron chi connectivity index (χ2n) is 5.35. The van der Waals surface area contributed by atoms with E-state index in [9.17, 15) is 0 Å². The average molecular weight is 367 g/mol. The first-order valence-corrected chi connectivity index (χ1v) is 9.95. The predicted molar refractivity (Wildman–Crippen MR) is 107 cm³/mol. The van der Waals surface area contributed by atoms with Crippen LogP contribution in [-0.2, 0) is 4.74 Å². The molecule has 3 aromatic rings. The molecule has 0 saturated carbocycles. The summed E-state index contributed by atoms with van der Waals surface area (Å²) in [4.78, 5) is 8.71. The third-order valence-electron chi connectivity index (χ3n) is 3.72. The molecule has 0 N–H and O–H groups in total. The summed E-state index contributed by atoms with van der Waals surface area (Å²) in [5.74, 6) is 7.21. The van der Waals surface area contributed by atoms with Crippen LogP contribution < -0.4 is 0 Å². The van der Waals surface area contributed by atoms with Gasteiger partial charge >= 0.3 is 0 Å². The van der Waals surface area contributed by atoms with Crippen LogP contribution in [-0.4, -0.2) is 22.8 Å². The molecule has 0 bridgehead atoms. The van der Waals surface area contributed by atoms with Crippen LogP contribution in [0.15, 0.2) is 41.5 Å². The molecule has 0 radical (unpaired) electrons. The summed E-state index contributed by atoms with van der Waals surface area (Å²) in [6.45, 7) is 8.57. The highest BCUT2D eigenvalue weighted by Crippen LogP contribution is 2.30. The number of fused-ring (bicyclic) bond motifs is 1. The molecular formula is C20H18N2OS2. The van der Waals surface area contributed by atoms with E-state index in [1.165, 1.54) is 0 Å². The molecule has 1 aromatic carbocycles. The largest absolute Gasteiger partial charge is 0.494 e. The fourth-order valence-electron chi connectivity index (χ4n) is 2.39. The molecule has 25 heavy (non-hydrogen) atoms. The van der Waals surface area contributed by atoms with Gasteiger partial charge in [-0.15, -0.1) is 23.1 Å². The highest BCUT2D eigenvalue weighted by atomic mass is 32.2. The van der Waals surface area contributed by atoms with Gasteiger partial charge in [0.1, 0.15) is 22.6 Å². The van der Waals surface area contributed by atoms with Crippen molar-refractivity contribution in [2.75, 3.05) is 12.9 Å². The maximum atomic E-state index is 5.50. The number of thiophene rings is 1. The standard InChI is InChI=1S/C20H18N2OS2/c1-5-23-14(3)16-7-6-13(2)15(10-16)8-9-17-11-25-19-18(17)21-12-22-20(19)24-4/h6-7,10-12H,3,5H2,1-2,4H3. The van der Waals surface area contributed by atoms with Crippen LogP contribution in [0.4, 0.5) is 0 Å². The molecule has 0 aliphatic carbocycles. The molecule has 2 heterocycles. The van der Waals surface area contributed by atoms with Crippen LogP contribution in [0, 0.1) is 18.8 Å². The van der Waals surface area contributed by atoms with Gasteiger partial charge in [-0.25, -0.2) is 9.97 Å². The molecule has 126 valence electrons. The maximum Gasteiger partial charge on any atom is 0.119 e. The van der Waals surface area contributed by atoms with Crippen LogP contribution in [0.5, 0.6) is 0 Å². The van der Waals surface area contributed by atoms with E-state index < -0.39 is 0 Å². The van der Waals surface area contributed by atoms with Gasteiger partial charge in [0.05, 0.1) is 16.9 Å². The van der Waals surface area contributed by atoms with Gasteiger partial charge in [0.2, 0.25) is 0 Å². The third kappa shape index (κ3) is 3.71. The highest BCUT2D eigenvalue weighted by Gasteiger charge is 2.08. The van der Waals surface area contributed by atoms with E-state index >= 15 is 0 Å². The van der Waals surface area contributed by atoms with E-state index in [4.69, 9.17) is 4.74 Å². The lowest BCUT2D eigenvalue weighted by Crippen LogP contribution is -1.92. The Morgan fingerprint density at radius 3 is 2.84 bits per heavy atom. The van der Waals surface area contributed by atoms with Gasteiger partial charge in [0.15, 0.2) is 0 Å². The van der Waals surface area contributed by atoms with E-state index in [1.807, 2.05) is 36.8 Å². The number of thioether (sulfide) groups is 1. The SMILES string of the molecule is C=C(OCC)c1ccc(C)c(C#Cc2csc3c(SC)ncnc23)c1. The summed E-state index contributed by atoms with van der Waals surface area (Å²) in [6.07, 6.45) is 3.62. The fourth-order valence-corrected chi connectivity index (χ4v) is 4.05. The van der Waals surface area contributed by atoms with Gasteiger partial charge in [0, 0.05) is 16.5 Å². The molecule has 0 unspecified atom stereocenters. The molecule has 0 spiro atoms. The summed E-state index contributed by atoms with van der Waals surface area (Å²) in [7, 11) is 0. The Hall–Kier alpha value is -2.29. The van der Waals surface area contributed by atoms with Gasteiger partial charge < -0.3 is 4.74 Å². The summed E-state index contributed by atoms with van der Waals surface area (Å²) in [5, 5.41) is 3.04. The molecular weight excluding hydrogens is 348 g/mol. The lowest BCUT2D eigenvalue weighted by molar-refractivity contribution is 0.299. The summed E-state index contributed by atoms with van der Waals surface area (Å²) in [5.41, 5.74) is 4.91. The normalized spacial score (nSPS) is 10.4. The first kappa shape index (κ1) is 17.5. The molecule has 0 atom stereocenters. The van der Waals surface area contributed by atoms with Crippen LogP contribution in [0.25, 0.3) is 16.0 Å². The Balaban J connectivity index is 1.99. The number of rotatable bonds is 4. The number of nitrogens with zero attached hydrogens (tertiary/aromatic N) is 2. The Bertz CT molecular complexity index is 996. The van der Waals surface area contributed by atoms with Crippen molar-refractivity contribution in [3.05, 3.63) is 58.7 Å². The van der Waals surface area contributed by atoms with Gasteiger partial charge in [-0.1, -0.05) is 30.6 Å². The Kier molecular flexibility index (Phi) is 5.42. The number of hydrogen-bond acceptors (Lipinski definition) is 5. The molecule has 5 heteroatoms. The summed E-state index contributed by atoms with van der Waals surface area (Å²) in [6, 6.07) is 6.08. The smallest absolute Gasteiger partial charge is 0.119 e. The van der Waals surface area contributed by atoms with Crippen molar-refractivity contribution in [2.24, 2.45) is 0 Å². The average Bonchev–Trinajstić information content (AvgIpc) is 3.04. The van der Waals surface area contributed by atoms with Crippen LogP contribution in [0.3, 0.4) is 0 Å². The van der Waals surface area contributed by atoms with Crippen molar-refractivity contribution in [3.63, 3.8) is 0 Å². The van der Waals surface area contributed by atoms with E-state index in [2.05, 4.69) is 35.3 Å². The highest BCUT2D eigenvalue weighted by molar-refractivity contribution is 7.98. The summed E-state index contributed by atoms with van der Waals surface area (Å²) < 4.78 is 6.59. The van der Waals surface area contributed by atoms with Gasteiger partial charge in [0.25, 0.3) is 0 Å². The Labute approximate surface area is 156 Å². The number of ether oxygens (including phenoxy) is 1. The zero-order valence-corrected chi connectivity index (χ0v) is 16.1. The topological polar surface area (TPSA) is 35.0 Å². The van der Waals surface area contributed by atoms with Crippen LogP contribution >= 0.6 is 23.1 Å². The lowest BCUT2D eigenvalue weighted by atomic mass is 10.0. The molecule has 3 rings (SSSR count). The van der Waals surface area contributed by atoms with Gasteiger partial charge in [-0.2, -0.15) is 0 Å². The predicted octanol–water partition coefficient (Wildman–Crippen LogP) is 5.13. The van der Waals surface area contributed by atoms with Crippen molar-refractivity contribution in [2.45, 2.75) is 18.9 Å². The first-order valence-electron chi connectivity index (χ1n) is 7.85. The first-order chi connectivity index (χ1) is 12.1. The van der Waals surface area contributed by atoms with E-state index in [-0.39, 0.29) is 0 Å². The van der Waals surface area contributed by atoms with Crippen LogP contribution in [0.2, 0.25) is 0 Å². The molecule has 0 aliphatic rings. The van der Waals surface area contributed by atoms with Crippen molar-refractivity contribution in [1.29, 1.82) is 0 Å². The fraction of sp³-hybridized carbons (Fsp3) is 0.200. The van der Waals surface area contributed by atoms with Crippen molar-refractivity contribution >= 4 is 39.1 Å². The molecule has 3 nitrogen and oxygen atoms in total. The second kappa shape index (κ2) is 7.73. The zero-order valence-electron chi connectivity index (χ0n) is 14.4. The molecule has 0 saturated heterocycles. The lowest BCUT2D eigenvalue weighted by Gasteiger charge is -2.08. The molecule has 0 aliphatic heterocycles. The van der Waals surface area contributed by atoms with Crippen molar-refractivity contribution in [1.82, 2.24) is 9.97 Å². The number of aromatic nitrogens is 2. The molecule has 0 fully saturated rings. The van der Waals surface area contributed by atoms with Crippen LogP contribution in [0.1, 0.15) is 29.2 Å². The number of aryl methyl sites for hydroxylation is 1. The third-order valence-corrected chi connectivity index (χ3v) is 5.53. The second-order valence-corrected chi connectivity index (χ2v) is 7.02. The molecule has 2 aromatic heterocycles. The Morgan fingerprint density at radius 1 is 1.28 bits per heavy atom. The minimum Gasteiger partial charge on any atom is -0.494 e. The van der Waals surface area contributed by atoms with Gasteiger partial charge in [-0.05, 0) is 31.7 Å². The summed E-state index contributed by atoms with van der Waals surface area (Å²) >= 11 is 3.26. The maximum absolute atomic E-state index is 5.50. The van der Waals surface area contributed by atoms with E-state index in [0.29, 0.717) is 12.4 Å². The van der Waals surface area contributed by atoms with Crippen molar-refractivity contribution < 1.29 is 4.74 Å². The minimum atomic E-state index is 0.603. The minimum absolute atomic E-state index is 0.603. The monoisotopic (exact) mass is 366 g/mol. The zero-order chi connectivity index (χ0) is 17.8. The van der Waals surface area contributed by atoms with Crippen molar-refractivity contribution in [3.8, 4) is 11.8 Å². The van der Waals surface area contributed by atoms with E-state index in [0.717, 1.165) is 37.5 Å². The quantitative estimate of drug-likeness (QED) is 0.277.